The van der Waals surface area contributed by atoms with Crippen molar-refractivity contribution in [2.24, 2.45) is 0 Å². The normalized spacial score (nSPS) is 24.3. The third kappa shape index (κ3) is 4.18. The van der Waals surface area contributed by atoms with E-state index in [0.29, 0.717) is 0 Å². The molecule has 1 fully saturated rings. The van der Waals surface area contributed by atoms with Crippen LogP contribution in [0.3, 0.4) is 0 Å². The van der Waals surface area contributed by atoms with Gasteiger partial charge in [-0.25, -0.2) is 0 Å². The molecule has 0 bridgehead atoms. The van der Waals surface area contributed by atoms with Crippen LogP contribution in [0.2, 0.25) is 0 Å². The summed E-state index contributed by atoms with van der Waals surface area (Å²) in [7, 11) is 2.02. The van der Waals surface area contributed by atoms with Crippen molar-refractivity contribution in [1.29, 1.82) is 0 Å². The van der Waals surface area contributed by atoms with Crippen LogP contribution in [0.5, 0.6) is 0 Å². The van der Waals surface area contributed by atoms with Crippen molar-refractivity contribution in [3.05, 3.63) is 0 Å². The van der Waals surface area contributed by atoms with Gasteiger partial charge >= 0.3 is 5.97 Å². The van der Waals surface area contributed by atoms with Crippen LogP contribution in [0.1, 0.15) is 26.2 Å². The Bertz CT molecular complexity index is 207. The first-order chi connectivity index (χ1) is 7.13. The second-order valence-corrected chi connectivity index (χ2v) is 4.39. The van der Waals surface area contributed by atoms with Crippen molar-refractivity contribution >= 4 is 5.97 Å². The SMILES string of the molecule is CCCCN1CCN(C)C(CC(=O)O)C1. The minimum absolute atomic E-state index is 0.188. The molecule has 4 nitrogen and oxygen atoms in total. The minimum Gasteiger partial charge on any atom is -0.481 e. The van der Waals surface area contributed by atoms with Gasteiger partial charge in [-0.1, -0.05) is 13.3 Å². The highest BCUT2D eigenvalue weighted by atomic mass is 16.4. The maximum absolute atomic E-state index is 10.7. The molecule has 1 aliphatic rings. The Labute approximate surface area is 91.9 Å². The smallest absolute Gasteiger partial charge is 0.304 e. The molecule has 0 spiro atoms. The zero-order chi connectivity index (χ0) is 11.3. The van der Waals surface area contributed by atoms with Gasteiger partial charge in [-0.2, -0.15) is 0 Å². The Hall–Kier alpha value is -0.610. The van der Waals surface area contributed by atoms with Crippen LogP contribution in [0.25, 0.3) is 0 Å². The molecule has 15 heavy (non-hydrogen) atoms. The predicted octanol–water partition coefficient (Wildman–Crippen LogP) is 0.877. The topological polar surface area (TPSA) is 43.8 Å². The van der Waals surface area contributed by atoms with Gasteiger partial charge in [0, 0.05) is 25.7 Å². The standard InChI is InChI=1S/C11H22N2O2/c1-3-4-5-13-7-6-12(2)10(9-13)8-11(14)15/h10H,3-9H2,1-2H3,(H,14,15). The monoisotopic (exact) mass is 214 g/mol. The van der Waals surface area contributed by atoms with Crippen molar-refractivity contribution in [3.63, 3.8) is 0 Å². The van der Waals surface area contributed by atoms with Crippen molar-refractivity contribution in [2.45, 2.75) is 32.2 Å². The fourth-order valence-electron chi connectivity index (χ4n) is 2.02. The molecule has 1 unspecified atom stereocenters. The molecule has 0 amide bonds. The van der Waals surface area contributed by atoms with Crippen molar-refractivity contribution in [1.82, 2.24) is 9.80 Å². The van der Waals surface area contributed by atoms with Crippen molar-refractivity contribution in [2.75, 3.05) is 33.2 Å². The highest BCUT2D eigenvalue weighted by Gasteiger charge is 2.25. The molecule has 1 N–H and O–H groups in total. The van der Waals surface area contributed by atoms with Gasteiger partial charge < -0.3 is 14.9 Å². The van der Waals surface area contributed by atoms with Gasteiger partial charge in [-0.3, -0.25) is 4.79 Å². The number of hydrogen-bond acceptors (Lipinski definition) is 3. The van der Waals surface area contributed by atoms with Gasteiger partial charge in [-0.05, 0) is 20.0 Å². The first-order valence-electron chi connectivity index (χ1n) is 5.78. The summed E-state index contributed by atoms with van der Waals surface area (Å²) in [4.78, 5) is 15.2. The Kier molecular flexibility index (Phi) is 5.05. The summed E-state index contributed by atoms with van der Waals surface area (Å²) in [5, 5.41) is 8.80. The van der Waals surface area contributed by atoms with Crippen LogP contribution in [-0.4, -0.2) is 60.1 Å². The number of unbranched alkanes of at least 4 members (excludes halogenated alkanes) is 1. The molecule has 0 aromatic heterocycles. The van der Waals surface area contributed by atoms with E-state index in [9.17, 15) is 4.79 Å². The predicted molar refractivity (Wildman–Crippen MR) is 60.0 cm³/mol. The lowest BCUT2D eigenvalue weighted by Gasteiger charge is -2.38. The summed E-state index contributed by atoms with van der Waals surface area (Å²) >= 11 is 0. The van der Waals surface area contributed by atoms with Crippen LogP contribution in [-0.2, 0) is 4.79 Å². The number of carbonyl (C=O) groups is 1. The Balaban J connectivity index is 2.37. The number of rotatable bonds is 5. The number of carboxylic acids is 1. The third-order valence-corrected chi connectivity index (χ3v) is 3.10. The molecule has 1 aliphatic heterocycles. The zero-order valence-electron chi connectivity index (χ0n) is 9.78. The third-order valence-electron chi connectivity index (χ3n) is 3.10. The molecule has 1 rings (SSSR count). The van der Waals surface area contributed by atoms with E-state index < -0.39 is 5.97 Å². The van der Waals surface area contributed by atoms with Crippen LogP contribution in [0.4, 0.5) is 0 Å². The van der Waals surface area contributed by atoms with E-state index in [1.54, 1.807) is 0 Å². The maximum atomic E-state index is 10.7. The molecule has 0 saturated carbocycles. The fourth-order valence-corrected chi connectivity index (χ4v) is 2.02. The highest BCUT2D eigenvalue weighted by molar-refractivity contribution is 5.67. The number of carboxylic acid groups (broad SMARTS) is 1. The summed E-state index contributed by atoms with van der Waals surface area (Å²) in [5.74, 6) is -0.691. The van der Waals surface area contributed by atoms with Gasteiger partial charge in [-0.15, -0.1) is 0 Å². The molecular weight excluding hydrogens is 192 g/mol. The van der Waals surface area contributed by atoms with Gasteiger partial charge in [0.05, 0.1) is 6.42 Å². The molecule has 1 atom stereocenters. The fraction of sp³-hybridized carbons (Fsp3) is 0.909. The lowest BCUT2D eigenvalue weighted by atomic mass is 10.1. The Morgan fingerprint density at radius 3 is 2.80 bits per heavy atom. The van der Waals surface area contributed by atoms with E-state index in [4.69, 9.17) is 5.11 Å². The van der Waals surface area contributed by atoms with Gasteiger partial charge in [0.2, 0.25) is 0 Å². The van der Waals surface area contributed by atoms with E-state index in [1.807, 2.05) is 7.05 Å². The summed E-state index contributed by atoms with van der Waals surface area (Å²) in [5.41, 5.74) is 0. The Morgan fingerprint density at radius 1 is 1.47 bits per heavy atom. The van der Waals surface area contributed by atoms with E-state index in [2.05, 4.69) is 16.7 Å². The average molecular weight is 214 g/mol. The molecule has 0 radical (unpaired) electrons. The Morgan fingerprint density at radius 2 is 2.20 bits per heavy atom. The second-order valence-electron chi connectivity index (χ2n) is 4.39. The van der Waals surface area contributed by atoms with Crippen LogP contribution in [0.15, 0.2) is 0 Å². The molecule has 1 heterocycles. The van der Waals surface area contributed by atoms with Crippen LogP contribution >= 0.6 is 0 Å². The number of hydrogen-bond donors (Lipinski definition) is 1. The van der Waals surface area contributed by atoms with E-state index >= 15 is 0 Å². The summed E-state index contributed by atoms with van der Waals surface area (Å²) < 4.78 is 0. The van der Waals surface area contributed by atoms with E-state index in [0.717, 1.165) is 26.2 Å². The van der Waals surface area contributed by atoms with Crippen molar-refractivity contribution in [3.8, 4) is 0 Å². The highest BCUT2D eigenvalue weighted by Crippen LogP contribution is 2.11. The first-order valence-corrected chi connectivity index (χ1v) is 5.78. The molecular formula is C11H22N2O2. The number of nitrogens with zero attached hydrogens (tertiary/aromatic N) is 2. The van der Waals surface area contributed by atoms with E-state index in [1.165, 1.54) is 12.8 Å². The number of piperazine rings is 1. The van der Waals surface area contributed by atoms with Crippen LogP contribution in [0, 0.1) is 0 Å². The summed E-state index contributed by atoms with van der Waals surface area (Å²) in [6, 6.07) is 0.188. The van der Waals surface area contributed by atoms with Gasteiger partial charge in [0.15, 0.2) is 0 Å². The lowest BCUT2D eigenvalue weighted by molar-refractivity contribution is -0.138. The number of aliphatic carboxylic acids is 1. The molecule has 0 aromatic rings. The average Bonchev–Trinajstić information content (AvgIpc) is 2.18. The lowest BCUT2D eigenvalue weighted by Crippen LogP contribution is -2.52. The molecule has 1 saturated heterocycles. The molecule has 88 valence electrons. The first kappa shape index (κ1) is 12.5. The quantitative estimate of drug-likeness (QED) is 0.738. The van der Waals surface area contributed by atoms with Crippen molar-refractivity contribution < 1.29 is 9.90 Å². The number of likely N-dealkylation sites (N-methyl/N-ethyl adjacent to an activating group) is 1. The molecule has 0 aromatic carbocycles. The minimum atomic E-state index is -0.691. The molecule has 4 heteroatoms. The molecule has 0 aliphatic carbocycles. The van der Waals surface area contributed by atoms with Gasteiger partial charge in [0.25, 0.3) is 0 Å². The van der Waals surface area contributed by atoms with E-state index in [-0.39, 0.29) is 12.5 Å². The summed E-state index contributed by atoms with van der Waals surface area (Å²) in [6.07, 6.45) is 2.68. The second kappa shape index (κ2) is 6.08. The largest absolute Gasteiger partial charge is 0.481 e. The van der Waals surface area contributed by atoms with Gasteiger partial charge in [0.1, 0.15) is 0 Å². The zero-order valence-corrected chi connectivity index (χ0v) is 9.78. The maximum Gasteiger partial charge on any atom is 0.304 e. The van der Waals surface area contributed by atoms with Crippen LogP contribution < -0.4 is 0 Å². The summed E-state index contributed by atoms with van der Waals surface area (Å²) in [6.45, 7) is 6.27.